The first-order valence-corrected chi connectivity index (χ1v) is 7.96. The second kappa shape index (κ2) is 7.77. The number of rotatable bonds is 5. The third-order valence-corrected chi connectivity index (χ3v) is 3.48. The summed E-state index contributed by atoms with van der Waals surface area (Å²) in [6.45, 7) is 5.60. The zero-order valence-electron chi connectivity index (χ0n) is 14.3. The number of amides is 1. The molecule has 2 rings (SSSR count). The van der Waals surface area contributed by atoms with Crippen LogP contribution in [0.3, 0.4) is 0 Å². The maximum Gasteiger partial charge on any atom is 0.407 e. The summed E-state index contributed by atoms with van der Waals surface area (Å²) in [5.41, 5.74) is 2.52. The molecule has 4 heteroatoms. The van der Waals surface area contributed by atoms with Gasteiger partial charge in [-0.3, -0.25) is 0 Å². The number of alkyl carbamates (subject to hydrolysis) is 1. The van der Waals surface area contributed by atoms with Gasteiger partial charge in [-0.25, -0.2) is 4.79 Å². The number of benzene rings is 2. The predicted molar refractivity (Wildman–Crippen MR) is 94.9 cm³/mol. The Balaban J connectivity index is 2.00. The van der Waals surface area contributed by atoms with Crippen LogP contribution in [0.4, 0.5) is 4.79 Å². The van der Waals surface area contributed by atoms with Gasteiger partial charge in [-0.1, -0.05) is 54.6 Å². The van der Waals surface area contributed by atoms with E-state index in [-0.39, 0.29) is 6.54 Å². The summed E-state index contributed by atoms with van der Waals surface area (Å²) in [6.07, 6.45) is 0.324. The molecule has 0 aromatic heterocycles. The number of carbonyl (C=O) groups excluding carboxylic acids is 2. The molecule has 0 saturated carbocycles. The van der Waals surface area contributed by atoms with E-state index in [9.17, 15) is 9.59 Å². The lowest BCUT2D eigenvalue weighted by atomic mass is 9.97. The fourth-order valence-electron chi connectivity index (χ4n) is 2.31. The minimum Gasteiger partial charge on any atom is -0.444 e. The van der Waals surface area contributed by atoms with Gasteiger partial charge in [0.15, 0.2) is 0 Å². The van der Waals surface area contributed by atoms with Gasteiger partial charge in [-0.05, 0) is 37.5 Å². The summed E-state index contributed by atoms with van der Waals surface area (Å²) in [4.78, 5) is 23.1. The van der Waals surface area contributed by atoms with Gasteiger partial charge in [0.05, 0.1) is 5.92 Å². The molecule has 2 aromatic rings. The number of nitrogens with one attached hydrogen (secondary N) is 1. The zero-order valence-corrected chi connectivity index (χ0v) is 14.3. The quantitative estimate of drug-likeness (QED) is 0.840. The van der Waals surface area contributed by atoms with Crippen molar-refractivity contribution < 1.29 is 14.3 Å². The predicted octanol–water partition coefficient (Wildman–Crippen LogP) is 4.16. The van der Waals surface area contributed by atoms with Crippen molar-refractivity contribution in [3.63, 3.8) is 0 Å². The Hall–Kier alpha value is -2.62. The molecule has 4 nitrogen and oxygen atoms in total. The number of carbonyl (C=O) groups is 2. The van der Waals surface area contributed by atoms with Crippen LogP contribution in [0, 0.1) is 0 Å². The van der Waals surface area contributed by atoms with Gasteiger partial charge in [0, 0.05) is 6.54 Å². The van der Waals surface area contributed by atoms with Gasteiger partial charge < -0.3 is 14.8 Å². The van der Waals surface area contributed by atoms with E-state index in [0.717, 1.165) is 23.0 Å². The maximum atomic E-state index is 11.7. The second-order valence-electron chi connectivity index (χ2n) is 6.61. The van der Waals surface area contributed by atoms with Crippen molar-refractivity contribution in [3.05, 3.63) is 60.2 Å². The molecule has 0 bridgehead atoms. The Kier molecular flexibility index (Phi) is 5.74. The highest BCUT2D eigenvalue weighted by Crippen LogP contribution is 2.22. The normalized spacial score (nSPS) is 12.3. The van der Waals surface area contributed by atoms with Crippen LogP contribution in [-0.4, -0.2) is 24.5 Å². The topological polar surface area (TPSA) is 55.4 Å². The summed E-state index contributed by atoms with van der Waals surface area (Å²) in [5, 5.41) is 2.64. The first-order valence-electron chi connectivity index (χ1n) is 7.96. The van der Waals surface area contributed by atoms with Gasteiger partial charge in [-0.2, -0.15) is 0 Å². The summed E-state index contributed by atoms with van der Waals surface area (Å²) >= 11 is 0. The molecular weight excluding hydrogens is 302 g/mol. The highest BCUT2D eigenvalue weighted by Gasteiger charge is 2.18. The lowest BCUT2D eigenvalue weighted by Gasteiger charge is -2.20. The number of hydrogen-bond donors (Lipinski definition) is 1. The van der Waals surface area contributed by atoms with Gasteiger partial charge in [-0.15, -0.1) is 0 Å². The number of ether oxygens (including phenoxy) is 1. The lowest BCUT2D eigenvalue weighted by Crippen LogP contribution is -2.35. The molecule has 0 spiro atoms. The molecule has 0 aliphatic carbocycles. The van der Waals surface area contributed by atoms with E-state index in [4.69, 9.17) is 4.74 Å². The van der Waals surface area contributed by atoms with Crippen LogP contribution in [-0.2, 0) is 9.53 Å². The van der Waals surface area contributed by atoms with Crippen LogP contribution in [0.25, 0.3) is 11.1 Å². The average molecular weight is 325 g/mol. The van der Waals surface area contributed by atoms with E-state index < -0.39 is 17.6 Å². The molecule has 0 aliphatic heterocycles. The van der Waals surface area contributed by atoms with E-state index >= 15 is 0 Å². The van der Waals surface area contributed by atoms with E-state index in [1.54, 1.807) is 20.8 Å². The first-order chi connectivity index (χ1) is 11.4. The molecule has 1 unspecified atom stereocenters. The van der Waals surface area contributed by atoms with Crippen LogP contribution < -0.4 is 5.32 Å². The van der Waals surface area contributed by atoms with E-state index in [0.29, 0.717) is 0 Å². The minimum absolute atomic E-state index is 0.211. The molecule has 0 saturated heterocycles. The fraction of sp³-hybridized carbons (Fsp3) is 0.300. The molecular formula is C20H23NO3. The third kappa shape index (κ3) is 5.23. The first kappa shape index (κ1) is 17.7. The van der Waals surface area contributed by atoms with Crippen molar-refractivity contribution in [1.29, 1.82) is 0 Å². The standard InChI is InChI=1S/C20H23NO3/c1-20(2,3)24-19(23)21-13-18(14-22)17-11-9-16(10-12-17)15-7-5-4-6-8-15/h4-12,14,18H,13H2,1-3H3,(H,21,23). The van der Waals surface area contributed by atoms with Crippen molar-refractivity contribution >= 4 is 12.4 Å². The Morgan fingerprint density at radius 2 is 1.62 bits per heavy atom. The zero-order chi connectivity index (χ0) is 17.6. The molecule has 1 N–H and O–H groups in total. The number of aldehydes is 1. The monoisotopic (exact) mass is 325 g/mol. The van der Waals surface area contributed by atoms with Crippen molar-refractivity contribution in [3.8, 4) is 11.1 Å². The summed E-state index contributed by atoms with van der Waals surface area (Å²) < 4.78 is 5.18. The average Bonchev–Trinajstić information content (AvgIpc) is 2.55. The van der Waals surface area contributed by atoms with Gasteiger partial charge in [0.2, 0.25) is 0 Å². The largest absolute Gasteiger partial charge is 0.444 e. The molecule has 0 fully saturated rings. The molecule has 126 valence electrons. The van der Waals surface area contributed by atoms with Crippen molar-refractivity contribution in [2.24, 2.45) is 0 Å². The molecule has 0 aliphatic rings. The van der Waals surface area contributed by atoms with Crippen LogP contribution in [0.15, 0.2) is 54.6 Å². The van der Waals surface area contributed by atoms with Crippen LogP contribution >= 0.6 is 0 Å². The lowest BCUT2D eigenvalue weighted by molar-refractivity contribution is -0.109. The van der Waals surface area contributed by atoms with Crippen molar-refractivity contribution in [1.82, 2.24) is 5.32 Å². The summed E-state index contributed by atoms with van der Waals surface area (Å²) in [5.74, 6) is -0.401. The van der Waals surface area contributed by atoms with Crippen LogP contribution in [0.5, 0.6) is 0 Å². The number of hydrogen-bond acceptors (Lipinski definition) is 3. The summed E-state index contributed by atoms with van der Waals surface area (Å²) in [7, 11) is 0. The molecule has 0 radical (unpaired) electrons. The third-order valence-electron chi connectivity index (χ3n) is 3.48. The van der Waals surface area contributed by atoms with Crippen LogP contribution in [0.1, 0.15) is 32.3 Å². The molecule has 24 heavy (non-hydrogen) atoms. The summed E-state index contributed by atoms with van der Waals surface area (Å²) in [6, 6.07) is 17.8. The fourth-order valence-corrected chi connectivity index (χ4v) is 2.31. The molecule has 2 aromatic carbocycles. The Bertz CT molecular complexity index is 672. The highest BCUT2D eigenvalue weighted by atomic mass is 16.6. The Morgan fingerprint density at radius 1 is 1.04 bits per heavy atom. The van der Waals surface area contributed by atoms with E-state index in [1.807, 2.05) is 54.6 Å². The Labute approximate surface area is 142 Å². The van der Waals surface area contributed by atoms with Gasteiger partial charge in [0.1, 0.15) is 11.9 Å². The van der Waals surface area contributed by atoms with Crippen LogP contribution in [0.2, 0.25) is 0 Å². The highest BCUT2D eigenvalue weighted by molar-refractivity contribution is 5.70. The van der Waals surface area contributed by atoms with E-state index in [1.165, 1.54) is 0 Å². The molecule has 1 amide bonds. The Morgan fingerprint density at radius 3 is 2.17 bits per heavy atom. The van der Waals surface area contributed by atoms with Gasteiger partial charge in [0.25, 0.3) is 0 Å². The van der Waals surface area contributed by atoms with E-state index in [2.05, 4.69) is 5.32 Å². The second-order valence-corrected chi connectivity index (χ2v) is 6.61. The minimum atomic E-state index is -0.557. The van der Waals surface area contributed by atoms with Crippen molar-refractivity contribution in [2.75, 3.05) is 6.54 Å². The molecule has 0 heterocycles. The molecule has 1 atom stereocenters. The van der Waals surface area contributed by atoms with Gasteiger partial charge >= 0.3 is 6.09 Å². The SMILES string of the molecule is CC(C)(C)OC(=O)NCC(C=O)c1ccc(-c2ccccc2)cc1. The van der Waals surface area contributed by atoms with Crippen molar-refractivity contribution in [2.45, 2.75) is 32.3 Å². The maximum absolute atomic E-state index is 11.7. The smallest absolute Gasteiger partial charge is 0.407 e.